The second-order valence-corrected chi connectivity index (χ2v) is 3.09. The van der Waals surface area contributed by atoms with Gasteiger partial charge in [0.15, 0.2) is 6.10 Å². The maximum Gasteiger partial charge on any atom is 0.335 e. The van der Waals surface area contributed by atoms with Crippen molar-refractivity contribution in [3.05, 3.63) is 0 Å². The van der Waals surface area contributed by atoms with Gasteiger partial charge in [-0.2, -0.15) is 0 Å². The molecule has 12 heavy (non-hydrogen) atoms. The van der Waals surface area contributed by atoms with Gasteiger partial charge in [-0.25, -0.2) is 4.79 Å². The van der Waals surface area contributed by atoms with Gasteiger partial charge in [-0.05, 0) is 25.9 Å². The molecule has 70 valence electrons. The second kappa shape index (κ2) is 3.38. The lowest BCUT2D eigenvalue weighted by molar-refractivity contribution is -0.166. The number of rotatable bonds is 2. The molecule has 0 bridgehead atoms. The van der Waals surface area contributed by atoms with Crippen molar-refractivity contribution in [1.29, 1.82) is 0 Å². The Balaban J connectivity index is 2.62. The highest BCUT2D eigenvalue weighted by molar-refractivity contribution is 5.73. The van der Waals surface area contributed by atoms with E-state index in [0.717, 1.165) is 0 Å². The van der Waals surface area contributed by atoms with Crippen molar-refractivity contribution in [2.75, 3.05) is 13.1 Å². The van der Waals surface area contributed by atoms with Crippen LogP contribution < -0.4 is 5.32 Å². The van der Waals surface area contributed by atoms with Gasteiger partial charge >= 0.3 is 5.97 Å². The Bertz CT molecular complexity index is 176. The van der Waals surface area contributed by atoms with Gasteiger partial charge in [0, 0.05) is 0 Å². The molecule has 0 amide bonds. The summed E-state index contributed by atoms with van der Waals surface area (Å²) in [5.74, 6) is -1.36. The van der Waals surface area contributed by atoms with E-state index in [4.69, 9.17) is 10.2 Å². The fourth-order valence-electron chi connectivity index (χ4n) is 1.36. The Morgan fingerprint density at radius 1 is 1.42 bits per heavy atom. The zero-order chi connectivity index (χ0) is 9.19. The molecule has 1 aliphatic heterocycles. The molecule has 0 aromatic rings. The summed E-state index contributed by atoms with van der Waals surface area (Å²) < 4.78 is 0. The molecule has 1 unspecified atom stereocenters. The molecule has 1 rings (SSSR count). The number of carbonyl (C=O) groups is 1. The molecule has 1 atom stereocenters. The van der Waals surface area contributed by atoms with Crippen LogP contribution in [-0.2, 0) is 4.79 Å². The van der Waals surface area contributed by atoms with Gasteiger partial charge in [-0.3, -0.25) is 0 Å². The third-order valence-electron chi connectivity index (χ3n) is 2.21. The number of piperidine rings is 1. The molecule has 1 aliphatic rings. The predicted octanol–water partition coefficient (Wildman–Crippen LogP) is -1.45. The van der Waals surface area contributed by atoms with E-state index >= 15 is 0 Å². The van der Waals surface area contributed by atoms with Gasteiger partial charge in [0.1, 0.15) is 5.60 Å². The fourth-order valence-corrected chi connectivity index (χ4v) is 1.36. The third kappa shape index (κ3) is 1.74. The van der Waals surface area contributed by atoms with E-state index in [1.807, 2.05) is 0 Å². The van der Waals surface area contributed by atoms with Crippen molar-refractivity contribution >= 4 is 5.97 Å². The summed E-state index contributed by atoms with van der Waals surface area (Å²) in [6, 6.07) is 0. The Hall–Kier alpha value is -0.650. The first-order chi connectivity index (χ1) is 5.56. The summed E-state index contributed by atoms with van der Waals surface area (Å²) >= 11 is 0. The van der Waals surface area contributed by atoms with E-state index in [9.17, 15) is 9.90 Å². The van der Waals surface area contributed by atoms with Crippen LogP contribution in [0.2, 0.25) is 0 Å². The Morgan fingerprint density at radius 3 is 2.33 bits per heavy atom. The Labute approximate surface area is 70.0 Å². The third-order valence-corrected chi connectivity index (χ3v) is 2.21. The lowest BCUT2D eigenvalue weighted by Crippen LogP contribution is -2.53. The standard InChI is InChI=1S/C7H13NO4/c9-5(6(10)11)7(12)1-3-8-4-2-7/h5,8-9,12H,1-4H2,(H,10,11). The highest BCUT2D eigenvalue weighted by Gasteiger charge is 2.41. The van der Waals surface area contributed by atoms with Gasteiger partial charge in [0.2, 0.25) is 0 Å². The second-order valence-electron chi connectivity index (χ2n) is 3.09. The predicted molar refractivity (Wildman–Crippen MR) is 40.7 cm³/mol. The monoisotopic (exact) mass is 175 g/mol. The van der Waals surface area contributed by atoms with Gasteiger partial charge in [-0.1, -0.05) is 0 Å². The van der Waals surface area contributed by atoms with Crippen LogP contribution in [0.25, 0.3) is 0 Å². The molecule has 0 radical (unpaired) electrons. The molecule has 0 aromatic carbocycles. The van der Waals surface area contributed by atoms with Crippen molar-refractivity contribution in [2.24, 2.45) is 0 Å². The van der Waals surface area contributed by atoms with Gasteiger partial charge in [0.05, 0.1) is 0 Å². The van der Waals surface area contributed by atoms with E-state index < -0.39 is 17.7 Å². The molecule has 0 aromatic heterocycles. The minimum absolute atomic E-state index is 0.278. The highest BCUT2D eigenvalue weighted by Crippen LogP contribution is 2.22. The van der Waals surface area contributed by atoms with E-state index in [2.05, 4.69) is 5.32 Å². The van der Waals surface area contributed by atoms with Crippen molar-refractivity contribution < 1.29 is 20.1 Å². The maximum atomic E-state index is 10.4. The fraction of sp³-hybridized carbons (Fsp3) is 0.857. The Kier molecular flexibility index (Phi) is 2.66. The highest BCUT2D eigenvalue weighted by atomic mass is 16.4. The van der Waals surface area contributed by atoms with E-state index in [1.54, 1.807) is 0 Å². The van der Waals surface area contributed by atoms with Crippen LogP contribution in [0.4, 0.5) is 0 Å². The molecule has 1 heterocycles. The number of aliphatic carboxylic acids is 1. The summed E-state index contributed by atoms with van der Waals surface area (Å²) in [4.78, 5) is 10.4. The summed E-state index contributed by atoms with van der Waals surface area (Å²) in [6.07, 6.45) is -1.11. The smallest absolute Gasteiger partial charge is 0.335 e. The summed E-state index contributed by atoms with van der Waals surface area (Å²) in [5, 5.41) is 30.2. The van der Waals surface area contributed by atoms with Crippen LogP contribution in [0, 0.1) is 0 Å². The van der Waals surface area contributed by atoms with Gasteiger partial charge in [0.25, 0.3) is 0 Å². The summed E-state index contributed by atoms with van der Waals surface area (Å²) in [5.41, 5.74) is -1.45. The van der Waals surface area contributed by atoms with Crippen molar-refractivity contribution in [2.45, 2.75) is 24.5 Å². The van der Waals surface area contributed by atoms with Crippen LogP contribution in [0.3, 0.4) is 0 Å². The lowest BCUT2D eigenvalue weighted by atomic mass is 9.87. The van der Waals surface area contributed by atoms with Crippen LogP contribution in [-0.4, -0.2) is 46.1 Å². The average molecular weight is 175 g/mol. The van der Waals surface area contributed by atoms with Crippen molar-refractivity contribution in [3.8, 4) is 0 Å². The molecule has 4 N–H and O–H groups in total. The number of nitrogens with one attached hydrogen (secondary N) is 1. The normalized spacial score (nSPS) is 24.8. The van der Waals surface area contributed by atoms with Crippen LogP contribution in [0.5, 0.6) is 0 Å². The first-order valence-electron chi connectivity index (χ1n) is 3.90. The number of hydrogen-bond acceptors (Lipinski definition) is 4. The van der Waals surface area contributed by atoms with Crippen LogP contribution in [0.1, 0.15) is 12.8 Å². The maximum absolute atomic E-state index is 10.4. The quantitative estimate of drug-likeness (QED) is 0.412. The van der Waals surface area contributed by atoms with E-state index in [0.29, 0.717) is 13.1 Å². The number of aliphatic hydroxyl groups excluding tert-OH is 1. The number of carboxylic acids is 1. The molecule has 0 spiro atoms. The SMILES string of the molecule is O=C(O)C(O)C1(O)CCNCC1. The molecule has 5 heteroatoms. The van der Waals surface area contributed by atoms with Crippen LogP contribution in [0.15, 0.2) is 0 Å². The first-order valence-corrected chi connectivity index (χ1v) is 3.90. The number of aliphatic hydroxyl groups is 2. The molecule has 1 fully saturated rings. The largest absolute Gasteiger partial charge is 0.479 e. The molecule has 5 nitrogen and oxygen atoms in total. The summed E-state index contributed by atoms with van der Waals surface area (Å²) in [7, 11) is 0. The first kappa shape index (κ1) is 9.44. The minimum Gasteiger partial charge on any atom is -0.479 e. The van der Waals surface area contributed by atoms with Gasteiger partial charge in [-0.15, -0.1) is 0 Å². The molecular formula is C7H13NO4. The minimum atomic E-state index is -1.67. The van der Waals surface area contributed by atoms with Crippen molar-refractivity contribution in [1.82, 2.24) is 5.32 Å². The van der Waals surface area contributed by atoms with E-state index in [-0.39, 0.29) is 12.8 Å². The number of carboxylic acid groups (broad SMARTS) is 1. The molecular weight excluding hydrogens is 162 g/mol. The average Bonchev–Trinajstić information content (AvgIpc) is 2.04. The molecule has 0 saturated carbocycles. The van der Waals surface area contributed by atoms with Gasteiger partial charge < -0.3 is 20.6 Å². The molecule has 0 aliphatic carbocycles. The Morgan fingerprint density at radius 2 is 1.92 bits per heavy atom. The van der Waals surface area contributed by atoms with Crippen molar-refractivity contribution in [3.63, 3.8) is 0 Å². The lowest BCUT2D eigenvalue weighted by Gasteiger charge is -2.34. The van der Waals surface area contributed by atoms with E-state index in [1.165, 1.54) is 0 Å². The topological polar surface area (TPSA) is 89.8 Å². The zero-order valence-electron chi connectivity index (χ0n) is 6.66. The summed E-state index contributed by atoms with van der Waals surface area (Å²) in [6.45, 7) is 1.08. The number of hydrogen-bond donors (Lipinski definition) is 4. The zero-order valence-corrected chi connectivity index (χ0v) is 6.66. The molecule has 1 saturated heterocycles. The van der Waals surface area contributed by atoms with Crippen LogP contribution >= 0.6 is 0 Å².